The van der Waals surface area contributed by atoms with Crippen LogP contribution in [0.15, 0.2) is 42.5 Å². The molecule has 23 heavy (non-hydrogen) atoms. The van der Waals surface area contributed by atoms with E-state index in [0.29, 0.717) is 10.0 Å². The van der Waals surface area contributed by atoms with E-state index in [0.717, 1.165) is 23.4 Å². The Morgan fingerprint density at radius 1 is 1.22 bits per heavy atom. The van der Waals surface area contributed by atoms with Crippen LogP contribution in [0.2, 0.25) is 10.0 Å². The minimum atomic E-state index is -0.0997. The standard InChI is InChI=1S/C18H18Cl2N2O/c1-11-8-17(15-9-13(19)10-16(20)18(15)21-11)22(12(2)23)14-6-4-3-5-7-14/h3-7,9-11,17,21H,8H2,1-2H3/t11-,17+/m0/s1. The van der Waals surface area contributed by atoms with E-state index in [4.69, 9.17) is 23.2 Å². The number of carbonyl (C=O) groups is 1. The Bertz CT molecular complexity index is 733. The number of para-hydroxylation sites is 1. The fourth-order valence-electron chi connectivity index (χ4n) is 3.19. The molecule has 2 atom stereocenters. The van der Waals surface area contributed by atoms with Crippen molar-refractivity contribution in [3.63, 3.8) is 0 Å². The molecular weight excluding hydrogens is 331 g/mol. The normalized spacial score (nSPS) is 19.7. The van der Waals surface area contributed by atoms with Crippen molar-refractivity contribution < 1.29 is 4.79 Å². The van der Waals surface area contributed by atoms with E-state index in [2.05, 4.69) is 12.2 Å². The highest BCUT2D eigenvalue weighted by molar-refractivity contribution is 6.36. The molecule has 0 saturated heterocycles. The van der Waals surface area contributed by atoms with Crippen molar-refractivity contribution in [1.29, 1.82) is 0 Å². The molecular formula is C18H18Cl2N2O. The molecule has 0 radical (unpaired) electrons. The number of nitrogens with one attached hydrogen (secondary N) is 1. The summed E-state index contributed by atoms with van der Waals surface area (Å²) in [6.45, 7) is 3.68. The van der Waals surface area contributed by atoms with Crippen LogP contribution in [0.4, 0.5) is 11.4 Å². The zero-order valence-electron chi connectivity index (χ0n) is 13.0. The fourth-order valence-corrected chi connectivity index (χ4v) is 3.75. The van der Waals surface area contributed by atoms with E-state index in [1.54, 1.807) is 13.0 Å². The highest BCUT2D eigenvalue weighted by atomic mass is 35.5. The highest BCUT2D eigenvalue weighted by Crippen LogP contribution is 2.43. The van der Waals surface area contributed by atoms with Gasteiger partial charge in [-0.1, -0.05) is 41.4 Å². The van der Waals surface area contributed by atoms with Crippen LogP contribution in [0.25, 0.3) is 0 Å². The van der Waals surface area contributed by atoms with Crippen molar-refractivity contribution >= 4 is 40.5 Å². The number of benzene rings is 2. The number of fused-ring (bicyclic) bond motifs is 1. The van der Waals surface area contributed by atoms with Crippen molar-refractivity contribution in [3.05, 3.63) is 58.1 Å². The lowest BCUT2D eigenvalue weighted by Gasteiger charge is -2.39. The van der Waals surface area contributed by atoms with Crippen molar-refractivity contribution in [2.24, 2.45) is 0 Å². The highest BCUT2D eigenvalue weighted by Gasteiger charge is 2.33. The van der Waals surface area contributed by atoms with Gasteiger partial charge in [-0.2, -0.15) is 0 Å². The first-order valence-corrected chi connectivity index (χ1v) is 8.33. The Hall–Kier alpha value is -1.71. The van der Waals surface area contributed by atoms with E-state index in [1.807, 2.05) is 41.3 Å². The molecule has 5 heteroatoms. The Morgan fingerprint density at radius 3 is 2.57 bits per heavy atom. The Labute approximate surface area is 146 Å². The fraction of sp³-hybridized carbons (Fsp3) is 0.278. The maximum absolute atomic E-state index is 12.4. The lowest BCUT2D eigenvalue weighted by Crippen LogP contribution is -2.39. The molecule has 1 N–H and O–H groups in total. The molecule has 0 saturated carbocycles. The Balaban J connectivity index is 2.14. The van der Waals surface area contributed by atoms with Crippen molar-refractivity contribution in [1.82, 2.24) is 0 Å². The second kappa shape index (κ2) is 6.42. The quantitative estimate of drug-likeness (QED) is 0.799. The van der Waals surface area contributed by atoms with Gasteiger partial charge in [0.2, 0.25) is 5.91 Å². The Kier molecular flexibility index (Phi) is 4.51. The summed E-state index contributed by atoms with van der Waals surface area (Å²) in [5.41, 5.74) is 2.70. The molecule has 3 nitrogen and oxygen atoms in total. The molecule has 0 aromatic heterocycles. The van der Waals surface area contributed by atoms with Crippen LogP contribution in [-0.4, -0.2) is 11.9 Å². The number of hydrogen-bond acceptors (Lipinski definition) is 2. The number of halogens is 2. The average molecular weight is 349 g/mol. The first kappa shape index (κ1) is 16.2. The summed E-state index contributed by atoms with van der Waals surface area (Å²) in [4.78, 5) is 14.2. The molecule has 120 valence electrons. The number of hydrogen-bond donors (Lipinski definition) is 1. The van der Waals surface area contributed by atoms with Gasteiger partial charge in [-0.05, 0) is 37.6 Å². The van der Waals surface area contributed by atoms with Crippen LogP contribution >= 0.6 is 23.2 Å². The summed E-state index contributed by atoms with van der Waals surface area (Å²) >= 11 is 12.6. The van der Waals surface area contributed by atoms with Gasteiger partial charge in [-0.25, -0.2) is 0 Å². The Morgan fingerprint density at radius 2 is 1.91 bits per heavy atom. The first-order chi connectivity index (χ1) is 11.0. The van der Waals surface area contributed by atoms with Gasteiger partial charge in [0, 0.05) is 29.2 Å². The van der Waals surface area contributed by atoms with E-state index in [9.17, 15) is 4.79 Å². The zero-order chi connectivity index (χ0) is 16.6. The summed E-state index contributed by atoms with van der Waals surface area (Å²) in [5, 5.41) is 4.56. The molecule has 0 bridgehead atoms. The van der Waals surface area contributed by atoms with Gasteiger partial charge in [0.15, 0.2) is 0 Å². The SMILES string of the molecule is CC(=O)N(c1ccccc1)[C@@H]1C[C@H](C)Nc2c(Cl)cc(Cl)cc21. The third-order valence-corrected chi connectivity index (χ3v) is 4.61. The number of anilines is 2. The molecule has 0 unspecified atom stereocenters. The van der Waals surface area contributed by atoms with E-state index >= 15 is 0 Å². The second-order valence-electron chi connectivity index (χ2n) is 5.87. The molecule has 3 rings (SSSR count). The van der Waals surface area contributed by atoms with Crippen molar-refractivity contribution in [3.8, 4) is 0 Å². The predicted octanol–water partition coefficient (Wildman–Crippen LogP) is 5.29. The summed E-state index contributed by atoms with van der Waals surface area (Å²) < 4.78 is 0. The van der Waals surface area contributed by atoms with Crippen molar-refractivity contribution in [2.45, 2.75) is 32.4 Å². The smallest absolute Gasteiger partial charge is 0.224 e. The maximum atomic E-state index is 12.4. The molecule has 0 spiro atoms. The van der Waals surface area contributed by atoms with Gasteiger partial charge in [0.05, 0.1) is 16.8 Å². The summed E-state index contributed by atoms with van der Waals surface area (Å²) in [7, 11) is 0. The monoisotopic (exact) mass is 348 g/mol. The first-order valence-electron chi connectivity index (χ1n) is 7.57. The number of carbonyl (C=O) groups excluding carboxylic acids is 1. The van der Waals surface area contributed by atoms with E-state index in [-0.39, 0.29) is 18.0 Å². The van der Waals surface area contributed by atoms with Crippen LogP contribution in [0.3, 0.4) is 0 Å². The van der Waals surface area contributed by atoms with E-state index in [1.165, 1.54) is 0 Å². The summed E-state index contributed by atoms with van der Waals surface area (Å²) in [5.74, 6) is -0.00246. The van der Waals surface area contributed by atoms with Gasteiger partial charge in [0.1, 0.15) is 0 Å². The number of nitrogens with zero attached hydrogens (tertiary/aromatic N) is 1. The van der Waals surface area contributed by atoms with Crippen LogP contribution in [0.1, 0.15) is 31.9 Å². The van der Waals surface area contributed by atoms with Crippen LogP contribution < -0.4 is 10.2 Å². The summed E-state index contributed by atoms with van der Waals surface area (Å²) in [6.07, 6.45) is 0.790. The number of amides is 1. The van der Waals surface area contributed by atoms with Gasteiger partial charge >= 0.3 is 0 Å². The molecule has 1 amide bonds. The lowest BCUT2D eigenvalue weighted by atomic mass is 9.91. The molecule has 2 aromatic rings. The van der Waals surface area contributed by atoms with Gasteiger partial charge < -0.3 is 10.2 Å². The predicted molar refractivity (Wildman–Crippen MR) is 96.5 cm³/mol. The van der Waals surface area contributed by atoms with Crippen molar-refractivity contribution in [2.75, 3.05) is 10.2 Å². The minimum Gasteiger partial charge on any atom is -0.381 e. The number of rotatable bonds is 2. The maximum Gasteiger partial charge on any atom is 0.224 e. The molecule has 1 aliphatic heterocycles. The summed E-state index contributed by atoms with van der Waals surface area (Å²) in [6, 6.07) is 13.4. The largest absolute Gasteiger partial charge is 0.381 e. The average Bonchev–Trinajstić information content (AvgIpc) is 2.49. The molecule has 2 aromatic carbocycles. The molecule has 1 aliphatic rings. The van der Waals surface area contributed by atoms with Crippen LogP contribution in [0, 0.1) is 0 Å². The van der Waals surface area contributed by atoms with Gasteiger partial charge in [-0.3, -0.25) is 4.79 Å². The van der Waals surface area contributed by atoms with E-state index < -0.39 is 0 Å². The third kappa shape index (κ3) is 3.17. The third-order valence-electron chi connectivity index (χ3n) is 4.10. The lowest BCUT2D eigenvalue weighted by molar-refractivity contribution is -0.117. The molecule has 0 fully saturated rings. The zero-order valence-corrected chi connectivity index (χ0v) is 14.5. The minimum absolute atomic E-state index is 0.00246. The van der Waals surface area contributed by atoms with Crippen LogP contribution in [0.5, 0.6) is 0 Å². The van der Waals surface area contributed by atoms with Gasteiger partial charge in [0.25, 0.3) is 0 Å². The van der Waals surface area contributed by atoms with Gasteiger partial charge in [-0.15, -0.1) is 0 Å². The molecule has 1 heterocycles. The van der Waals surface area contributed by atoms with Crippen LogP contribution in [-0.2, 0) is 4.79 Å². The second-order valence-corrected chi connectivity index (χ2v) is 6.72. The topological polar surface area (TPSA) is 32.3 Å². The molecule has 0 aliphatic carbocycles.